The first-order chi connectivity index (χ1) is 6.36. The van der Waals surface area contributed by atoms with Gasteiger partial charge in [0.25, 0.3) is 0 Å². The van der Waals surface area contributed by atoms with Gasteiger partial charge in [-0.2, -0.15) is 0 Å². The average Bonchev–Trinajstić information content (AvgIpc) is 2.19. The predicted octanol–water partition coefficient (Wildman–Crippen LogP) is 1.65. The molecular formula is C11H12O2. The van der Waals surface area contributed by atoms with Crippen LogP contribution in [-0.4, -0.2) is 18.0 Å². The number of aldehydes is 1. The molecule has 68 valence electrons. The zero-order valence-corrected chi connectivity index (χ0v) is 7.31. The minimum atomic E-state index is 0.0113. The Labute approximate surface area is 77.5 Å². The van der Waals surface area contributed by atoms with Gasteiger partial charge in [0.1, 0.15) is 6.29 Å². The van der Waals surface area contributed by atoms with E-state index in [0.29, 0.717) is 12.0 Å². The third-order valence-corrected chi connectivity index (χ3v) is 1.70. The first-order valence-corrected chi connectivity index (χ1v) is 4.18. The molecule has 0 aliphatic rings. The lowest BCUT2D eigenvalue weighted by atomic mass is 10.1. The molecule has 0 fully saturated rings. The smallest absolute Gasteiger partial charge is 0.146 e. The summed E-state index contributed by atoms with van der Waals surface area (Å²) in [4.78, 5) is 10.5. The van der Waals surface area contributed by atoms with Crippen LogP contribution in [0.4, 0.5) is 0 Å². The number of rotatable bonds is 4. The molecule has 0 saturated carbocycles. The van der Waals surface area contributed by atoms with Gasteiger partial charge in [-0.05, 0) is 23.6 Å². The van der Waals surface area contributed by atoms with Crippen LogP contribution in [0.2, 0.25) is 0 Å². The Morgan fingerprint density at radius 1 is 1.31 bits per heavy atom. The molecule has 1 rings (SSSR count). The molecule has 2 nitrogen and oxygen atoms in total. The highest BCUT2D eigenvalue weighted by molar-refractivity contribution is 5.81. The van der Waals surface area contributed by atoms with Crippen molar-refractivity contribution in [3.8, 4) is 0 Å². The van der Waals surface area contributed by atoms with E-state index in [1.807, 2.05) is 30.3 Å². The highest BCUT2D eigenvalue weighted by Crippen LogP contribution is 2.06. The van der Waals surface area contributed by atoms with E-state index in [1.54, 1.807) is 6.08 Å². The molecule has 1 N–H and O–H groups in total. The van der Waals surface area contributed by atoms with E-state index in [0.717, 1.165) is 11.8 Å². The monoisotopic (exact) mass is 176 g/mol. The van der Waals surface area contributed by atoms with Crippen LogP contribution in [0.25, 0.3) is 6.08 Å². The maximum absolute atomic E-state index is 10.5. The third kappa shape index (κ3) is 3.22. The average molecular weight is 176 g/mol. The molecule has 0 amide bonds. The number of aliphatic hydroxyl groups is 1. The second-order valence-corrected chi connectivity index (χ2v) is 2.72. The summed E-state index contributed by atoms with van der Waals surface area (Å²) in [6, 6.07) is 9.58. The van der Waals surface area contributed by atoms with Gasteiger partial charge in [-0.15, -0.1) is 0 Å². The van der Waals surface area contributed by atoms with Gasteiger partial charge in [-0.1, -0.05) is 30.3 Å². The summed E-state index contributed by atoms with van der Waals surface area (Å²) in [5.41, 5.74) is 1.60. The first kappa shape index (κ1) is 9.68. The molecule has 0 saturated heterocycles. The van der Waals surface area contributed by atoms with Crippen LogP contribution in [0.1, 0.15) is 12.0 Å². The van der Waals surface area contributed by atoms with Crippen LogP contribution in [0.5, 0.6) is 0 Å². The molecule has 0 aromatic heterocycles. The van der Waals surface area contributed by atoms with Gasteiger partial charge in [-0.3, -0.25) is 4.79 Å². The number of aliphatic hydroxyl groups excluding tert-OH is 1. The van der Waals surface area contributed by atoms with Crippen LogP contribution in [-0.2, 0) is 4.79 Å². The van der Waals surface area contributed by atoms with Gasteiger partial charge in [0, 0.05) is 6.61 Å². The lowest BCUT2D eigenvalue weighted by Crippen LogP contribution is -1.89. The van der Waals surface area contributed by atoms with Crippen molar-refractivity contribution in [1.82, 2.24) is 0 Å². The second kappa shape index (κ2) is 5.27. The van der Waals surface area contributed by atoms with Crippen LogP contribution >= 0.6 is 0 Å². The number of carbonyl (C=O) groups excluding carboxylic acids is 1. The Balaban J connectivity index is 2.79. The van der Waals surface area contributed by atoms with Crippen molar-refractivity contribution in [2.45, 2.75) is 6.42 Å². The van der Waals surface area contributed by atoms with Crippen molar-refractivity contribution >= 4 is 12.4 Å². The summed E-state index contributed by atoms with van der Waals surface area (Å²) in [5, 5.41) is 8.65. The summed E-state index contributed by atoms with van der Waals surface area (Å²) < 4.78 is 0. The lowest BCUT2D eigenvalue weighted by molar-refractivity contribution is -0.105. The Morgan fingerprint density at radius 2 is 2.00 bits per heavy atom. The molecule has 0 aliphatic heterocycles. The Hall–Kier alpha value is -1.41. The topological polar surface area (TPSA) is 37.3 Å². The molecule has 0 bridgehead atoms. The van der Waals surface area contributed by atoms with Crippen LogP contribution in [0.3, 0.4) is 0 Å². The highest BCUT2D eigenvalue weighted by atomic mass is 16.3. The van der Waals surface area contributed by atoms with Gasteiger partial charge in [-0.25, -0.2) is 0 Å². The molecule has 1 aromatic rings. The number of hydrogen-bond acceptors (Lipinski definition) is 2. The van der Waals surface area contributed by atoms with Gasteiger partial charge in [0.05, 0.1) is 0 Å². The fourth-order valence-electron chi connectivity index (χ4n) is 1.06. The van der Waals surface area contributed by atoms with Crippen molar-refractivity contribution < 1.29 is 9.90 Å². The molecule has 0 aliphatic carbocycles. The fourth-order valence-corrected chi connectivity index (χ4v) is 1.06. The van der Waals surface area contributed by atoms with Crippen LogP contribution in [0, 0.1) is 0 Å². The van der Waals surface area contributed by atoms with Gasteiger partial charge in [0.2, 0.25) is 0 Å². The molecule has 1 aromatic carbocycles. The van der Waals surface area contributed by atoms with Gasteiger partial charge in [0.15, 0.2) is 0 Å². The maximum atomic E-state index is 10.5. The third-order valence-electron chi connectivity index (χ3n) is 1.70. The Bertz CT molecular complexity index is 288. The Morgan fingerprint density at radius 3 is 2.54 bits per heavy atom. The standard InChI is InChI=1S/C11H12O2/c12-7-6-11(9-13)8-10-4-2-1-3-5-10/h1-5,8-9,12H,6-7H2. The largest absolute Gasteiger partial charge is 0.396 e. The van der Waals surface area contributed by atoms with Crippen molar-refractivity contribution in [2.24, 2.45) is 0 Å². The fraction of sp³-hybridized carbons (Fsp3) is 0.182. The molecule has 2 heteroatoms. The highest BCUT2D eigenvalue weighted by Gasteiger charge is 1.94. The van der Waals surface area contributed by atoms with E-state index in [4.69, 9.17) is 5.11 Å². The van der Waals surface area contributed by atoms with Crippen molar-refractivity contribution in [3.63, 3.8) is 0 Å². The number of carbonyl (C=O) groups is 1. The maximum Gasteiger partial charge on any atom is 0.146 e. The van der Waals surface area contributed by atoms with Crippen molar-refractivity contribution in [2.75, 3.05) is 6.61 Å². The summed E-state index contributed by atoms with van der Waals surface area (Å²) in [7, 11) is 0. The molecule has 0 atom stereocenters. The quantitative estimate of drug-likeness (QED) is 0.559. The normalized spacial score (nSPS) is 11.3. The van der Waals surface area contributed by atoms with E-state index in [1.165, 1.54) is 0 Å². The summed E-state index contributed by atoms with van der Waals surface area (Å²) in [6.07, 6.45) is 2.98. The minimum Gasteiger partial charge on any atom is -0.396 e. The second-order valence-electron chi connectivity index (χ2n) is 2.72. The molecule has 0 unspecified atom stereocenters. The van der Waals surface area contributed by atoms with E-state index >= 15 is 0 Å². The molecular weight excluding hydrogens is 164 g/mol. The Kier molecular flexibility index (Phi) is 3.93. The summed E-state index contributed by atoms with van der Waals surface area (Å²) in [6.45, 7) is 0.0113. The van der Waals surface area contributed by atoms with E-state index < -0.39 is 0 Å². The predicted molar refractivity (Wildman–Crippen MR) is 52.2 cm³/mol. The number of benzene rings is 1. The zero-order chi connectivity index (χ0) is 9.52. The van der Waals surface area contributed by atoms with Crippen LogP contribution in [0.15, 0.2) is 35.9 Å². The zero-order valence-electron chi connectivity index (χ0n) is 7.31. The molecule has 13 heavy (non-hydrogen) atoms. The van der Waals surface area contributed by atoms with E-state index in [-0.39, 0.29) is 6.61 Å². The lowest BCUT2D eigenvalue weighted by Gasteiger charge is -1.96. The van der Waals surface area contributed by atoms with Crippen molar-refractivity contribution in [3.05, 3.63) is 41.5 Å². The summed E-state index contributed by atoms with van der Waals surface area (Å²) in [5.74, 6) is 0. The van der Waals surface area contributed by atoms with E-state index in [2.05, 4.69) is 0 Å². The molecule has 0 radical (unpaired) electrons. The molecule has 0 spiro atoms. The SMILES string of the molecule is O=CC(=Cc1ccccc1)CCO. The van der Waals surface area contributed by atoms with Crippen molar-refractivity contribution in [1.29, 1.82) is 0 Å². The number of hydrogen-bond donors (Lipinski definition) is 1. The molecule has 0 heterocycles. The first-order valence-electron chi connectivity index (χ1n) is 4.18. The van der Waals surface area contributed by atoms with E-state index in [9.17, 15) is 4.79 Å². The summed E-state index contributed by atoms with van der Waals surface area (Å²) >= 11 is 0. The van der Waals surface area contributed by atoms with Gasteiger partial charge < -0.3 is 5.11 Å². The minimum absolute atomic E-state index is 0.0113. The van der Waals surface area contributed by atoms with Gasteiger partial charge >= 0.3 is 0 Å². The van der Waals surface area contributed by atoms with Crippen LogP contribution < -0.4 is 0 Å².